The smallest absolute Gasteiger partial charge is 0.229 e. The van der Waals surface area contributed by atoms with E-state index in [2.05, 4.69) is 15.8 Å². The van der Waals surface area contributed by atoms with Crippen LogP contribution < -0.4 is 15.4 Å². The van der Waals surface area contributed by atoms with Crippen LogP contribution >= 0.6 is 0 Å². The molecule has 0 fully saturated rings. The van der Waals surface area contributed by atoms with Crippen LogP contribution in [-0.4, -0.2) is 24.1 Å². The largest absolute Gasteiger partial charge is 0.495 e. The van der Waals surface area contributed by atoms with Gasteiger partial charge in [-0.1, -0.05) is 5.16 Å². The van der Waals surface area contributed by atoms with Crippen molar-refractivity contribution in [3.63, 3.8) is 0 Å². The Labute approximate surface area is 134 Å². The number of carbonyl (C=O) groups is 2. The fourth-order valence-electron chi connectivity index (χ4n) is 2.19. The third-order valence-corrected chi connectivity index (χ3v) is 3.31. The van der Waals surface area contributed by atoms with Crippen molar-refractivity contribution in [2.45, 2.75) is 27.2 Å². The number of ether oxygens (including phenoxy) is 1. The van der Waals surface area contributed by atoms with Crippen molar-refractivity contribution < 1.29 is 18.8 Å². The quantitative estimate of drug-likeness (QED) is 0.883. The van der Waals surface area contributed by atoms with Gasteiger partial charge in [0, 0.05) is 18.2 Å². The van der Waals surface area contributed by atoms with Crippen molar-refractivity contribution in [1.29, 1.82) is 0 Å². The molecule has 7 heteroatoms. The predicted octanol–water partition coefficient (Wildman–Crippen LogP) is 2.44. The number of aryl methyl sites for hydroxylation is 2. The van der Waals surface area contributed by atoms with E-state index >= 15 is 0 Å². The molecule has 2 rings (SSSR count). The lowest BCUT2D eigenvalue weighted by Crippen LogP contribution is -2.15. The van der Waals surface area contributed by atoms with Gasteiger partial charge in [-0.25, -0.2) is 0 Å². The average Bonchev–Trinajstić information content (AvgIpc) is 2.79. The third kappa shape index (κ3) is 4.09. The van der Waals surface area contributed by atoms with Gasteiger partial charge in [-0.15, -0.1) is 0 Å². The third-order valence-electron chi connectivity index (χ3n) is 3.31. The maximum atomic E-state index is 12.2. The number of rotatable bonds is 5. The molecule has 0 spiro atoms. The molecule has 7 nitrogen and oxygen atoms in total. The highest BCUT2D eigenvalue weighted by molar-refractivity contribution is 5.95. The summed E-state index contributed by atoms with van der Waals surface area (Å²) in [5.74, 6) is 0.732. The second kappa shape index (κ2) is 6.95. The summed E-state index contributed by atoms with van der Waals surface area (Å²) in [5.41, 5.74) is 2.53. The second-order valence-electron chi connectivity index (χ2n) is 5.12. The minimum absolute atomic E-state index is 0.169. The van der Waals surface area contributed by atoms with Crippen LogP contribution in [0.25, 0.3) is 0 Å². The van der Waals surface area contributed by atoms with Gasteiger partial charge in [0.15, 0.2) is 0 Å². The van der Waals surface area contributed by atoms with Crippen LogP contribution in [0.2, 0.25) is 0 Å². The van der Waals surface area contributed by atoms with Crippen LogP contribution in [0, 0.1) is 13.8 Å². The lowest BCUT2D eigenvalue weighted by molar-refractivity contribution is -0.116. The molecule has 23 heavy (non-hydrogen) atoms. The summed E-state index contributed by atoms with van der Waals surface area (Å²) in [6.45, 7) is 4.97. The minimum Gasteiger partial charge on any atom is -0.495 e. The van der Waals surface area contributed by atoms with Gasteiger partial charge < -0.3 is 19.9 Å². The molecule has 0 aliphatic carbocycles. The number of nitrogens with one attached hydrogen (secondary N) is 2. The molecule has 0 aliphatic heterocycles. The van der Waals surface area contributed by atoms with E-state index in [-0.39, 0.29) is 18.2 Å². The summed E-state index contributed by atoms with van der Waals surface area (Å²) in [6, 6.07) is 5.03. The molecule has 0 aliphatic rings. The van der Waals surface area contributed by atoms with E-state index in [9.17, 15) is 9.59 Å². The van der Waals surface area contributed by atoms with Crippen LogP contribution in [0.15, 0.2) is 22.7 Å². The molecule has 2 N–H and O–H groups in total. The molecule has 0 bridgehead atoms. The Morgan fingerprint density at radius 3 is 2.57 bits per heavy atom. The summed E-state index contributed by atoms with van der Waals surface area (Å²) in [7, 11) is 1.51. The van der Waals surface area contributed by atoms with E-state index in [0.29, 0.717) is 28.6 Å². The van der Waals surface area contributed by atoms with Gasteiger partial charge in [0.25, 0.3) is 0 Å². The maximum absolute atomic E-state index is 12.2. The Bertz CT molecular complexity index is 717. The lowest BCUT2D eigenvalue weighted by atomic mass is 10.1. The molecule has 0 unspecified atom stereocenters. The number of carbonyl (C=O) groups excluding carboxylic acids is 2. The lowest BCUT2D eigenvalue weighted by Gasteiger charge is -2.12. The van der Waals surface area contributed by atoms with Crippen LogP contribution in [0.1, 0.15) is 23.9 Å². The average molecular weight is 317 g/mol. The van der Waals surface area contributed by atoms with Crippen LogP contribution in [-0.2, 0) is 16.0 Å². The highest BCUT2D eigenvalue weighted by atomic mass is 16.5. The number of benzene rings is 1. The molecular formula is C16H19N3O4. The topological polar surface area (TPSA) is 93.5 Å². The van der Waals surface area contributed by atoms with Gasteiger partial charge in [-0.05, 0) is 32.0 Å². The minimum atomic E-state index is -0.220. The van der Waals surface area contributed by atoms with E-state index in [0.717, 1.165) is 5.56 Å². The van der Waals surface area contributed by atoms with Crippen molar-refractivity contribution >= 4 is 23.2 Å². The SMILES string of the molecule is COc1ccc(NC(=O)Cc2c(C)noc2C)cc1NC(C)=O. The molecule has 1 aromatic carbocycles. The van der Waals surface area contributed by atoms with Crippen molar-refractivity contribution in [3.8, 4) is 5.75 Å². The Hall–Kier alpha value is -2.83. The number of hydrogen-bond donors (Lipinski definition) is 2. The Morgan fingerprint density at radius 2 is 2.00 bits per heavy atom. The number of amides is 2. The summed E-state index contributed by atoms with van der Waals surface area (Å²) in [4.78, 5) is 23.4. The molecule has 0 radical (unpaired) electrons. The van der Waals surface area contributed by atoms with E-state index < -0.39 is 0 Å². The van der Waals surface area contributed by atoms with Gasteiger partial charge >= 0.3 is 0 Å². The van der Waals surface area contributed by atoms with Crippen molar-refractivity contribution in [1.82, 2.24) is 5.16 Å². The highest BCUT2D eigenvalue weighted by Gasteiger charge is 2.14. The molecular weight excluding hydrogens is 298 g/mol. The van der Waals surface area contributed by atoms with Crippen molar-refractivity contribution in [3.05, 3.63) is 35.2 Å². The number of hydrogen-bond acceptors (Lipinski definition) is 5. The predicted molar refractivity (Wildman–Crippen MR) is 85.6 cm³/mol. The first-order valence-electron chi connectivity index (χ1n) is 7.08. The van der Waals surface area contributed by atoms with Gasteiger partial charge in [0.2, 0.25) is 11.8 Å². The first-order chi connectivity index (χ1) is 10.9. The molecule has 0 saturated carbocycles. The number of aromatic nitrogens is 1. The molecule has 2 amide bonds. The van der Waals surface area contributed by atoms with Crippen LogP contribution in [0.4, 0.5) is 11.4 Å². The van der Waals surface area contributed by atoms with E-state index in [1.807, 2.05) is 0 Å². The van der Waals surface area contributed by atoms with Crippen molar-refractivity contribution in [2.24, 2.45) is 0 Å². The zero-order chi connectivity index (χ0) is 17.0. The van der Waals surface area contributed by atoms with Crippen LogP contribution in [0.3, 0.4) is 0 Å². The Kier molecular flexibility index (Phi) is 5.00. The van der Waals surface area contributed by atoms with E-state index in [1.165, 1.54) is 14.0 Å². The zero-order valence-corrected chi connectivity index (χ0v) is 13.5. The number of methoxy groups -OCH3 is 1. The normalized spacial score (nSPS) is 10.3. The summed E-state index contributed by atoms with van der Waals surface area (Å²) in [6.07, 6.45) is 0.169. The van der Waals surface area contributed by atoms with Gasteiger partial charge in [-0.3, -0.25) is 9.59 Å². The molecule has 2 aromatic rings. The van der Waals surface area contributed by atoms with E-state index in [4.69, 9.17) is 9.26 Å². The second-order valence-corrected chi connectivity index (χ2v) is 5.12. The molecule has 0 atom stereocenters. The standard InChI is InChI=1S/C16H19N3O4/c1-9-13(10(2)23-19-9)8-16(21)18-12-5-6-15(22-4)14(7-12)17-11(3)20/h5-7H,8H2,1-4H3,(H,17,20)(H,18,21). The molecule has 122 valence electrons. The monoisotopic (exact) mass is 317 g/mol. The number of nitrogens with zero attached hydrogens (tertiary/aromatic N) is 1. The molecule has 1 aromatic heterocycles. The fourth-order valence-corrected chi connectivity index (χ4v) is 2.19. The van der Waals surface area contributed by atoms with Gasteiger partial charge in [-0.2, -0.15) is 0 Å². The number of anilines is 2. The van der Waals surface area contributed by atoms with Crippen molar-refractivity contribution in [2.75, 3.05) is 17.7 Å². The van der Waals surface area contributed by atoms with Gasteiger partial charge in [0.05, 0.1) is 24.9 Å². The van der Waals surface area contributed by atoms with Crippen LogP contribution in [0.5, 0.6) is 5.75 Å². The van der Waals surface area contributed by atoms with Gasteiger partial charge in [0.1, 0.15) is 11.5 Å². The Balaban J connectivity index is 2.13. The van der Waals surface area contributed by atoms with E-state index in [1.54, 1.807) is 32.0 Å². The Morgan fingerprint density at radius 1 is 1.26 bits per heavy atom. The fraction of sp³-hybridized carbons (Fsp3) is 0.312. The molecule has 1 heterocycles. The first kappa shape index (κ1) is 16.5. The summed E-state index contributed by atoms with van der Waals surface area (Å²) in [5, 5.41) is 9.27. The first-order valence-corrected chi connectivity index (χ1v) is 7.08. The molecule has 0 saturated heterocycles. The highest BCUT2D eigenvalue weighted by Crippen LogP contribution is 2.28. The maximum Gasteiger partial charge on any atom is 0.229 e. The summed E-state index contributed by atoms with van der Waals surface area (Å²) < 4.78 is 10.2. The summed E-state index contributed by atoms with van der Waals surface area (Å²) >= 11 is 0. The zero-order valence-electron chi connectivity index (χ0n) is 13.5.